The third-order valence-corrected chi connectivity index (χ3v) is 4.04. The number of hydrogen-bond acceptors (Lipinski definition) is 2. The zero-order valence-corrected chi connectivity index (χ0v) is 12.5. The Labute approximate surface area is 117 Å². The number of benzene rings is 1. The van der Waals surface area contributed by atoms with Crippen molar-refractivity contribution in [3.8, 4) is 0 Å². The summed E-state index contributed by atoms with van der Waals surface area (Å²) in [5, 5.41) is 3.57. The Bertz CT molecular complexity index is 402. The van der Waals surface area contributed by atoms with Crippen LogP contribution in [0.15, 0.2) is 18.2 Å². The van der Waals surface area contributed by atoms with Crippen LogP contribution >= 0.6 is 0 Å². The fraction of sp³-hybridized carbons (Fsp3) is 0.647. The van der Waals surface area contributed by atoms with Gasteiger partial charge in [0, 0.05) is 19.2 Å². The summed E-state index contributed by atoms with van der Waals surface area (Å²) in [6.07, 6.45) is 5.50. The van der Waals surface area contributed by atoms with Crippen LogP contribution in [0.2, 0.25) is 0 Å². The molecule has 0 radical (unpaired) electrons. The Balaban J connectivity index is 1.93. The van der Waals surface area contributed by atoms with Gasteiger partial charge in [-0.2, -0.15) is 0 Å². The normalized spacial score (nSPS) is 17.8. The smallest absolute Gasteiger partial charge is 0.0671 e. The second-order valence-electron chi connectivity index (χ2n) is 5.63. The van der Waals surface area contributed by atoms with Crippen LogP contribution in [0, 0.1) is 0 Å². The summed E-state index contributed by atoms with van der Waals surface area (Å²) in [7, 11) is 0. The summed E-state index contributed by atoms with van der Waals surface area (Å²) in [5.74, 6) is 0. The Morgan fingerprint density at radius 3 is 2.63 bits per heavy atom. The SMILES string of the molecule is CCOC(C)CNC(C)c1ccc2c(c1)CCCC2. The minimum Gasteiger partial charge on any atom is -0.377 e. The van der Waals surface area contributed by atoms with Crippen LogP contribution in [-0.4, -0.2) is 19.3 Å². The van der Waals surface area contributed by atoms with Crippen LogP contribution in [0.5, 0.6) is 0 Å². The lowest BCUT2D eigenvalue weighted by Crippen LogP contribution is -2.29. The monoisotopic (exact) mass is 261 g/mol. The third-order valence-electron chi connectivity index (χ3n) is 4.04. The molecule has 0 heterocycles. The molecule has 0 saturated heterocycles. The van der Waals surface area contributed by atoms with Crippen LogP contribution in [0.4, 0.5) is 0 Å². The van der Waals surface area contributed by atoms with E-state index in [9.17, 15) is 0 Å². The molecule has 1 aromatic carbocycles. The van der Waals surface area contributed by atoms with Crippen LogP contribution in [-0.2, 0) is 17.6 Å². The van der Waals surface area contributed by atoms with E-state index in [-0.39, 0.29) is 6.10 Å². The maximum atomic E-state index is 5.56. The van der Waals surface area contributed by atoms with Crippen molar-refractivity contribution in [2.24, 2.45) is 0 Å². The van der Waals surface area contributed by atoms with E-state index in [1.54, 1.807) is 11.1 Å². The van der Waals surface area contributed by atoms with Crippen molar-refractivity contribution < 1.29 is 4.74 Å². The quantitative estimate of drug-likeness (QED) is 0.844. The van der Waals surface area contributed by atoms with Crippen LogP contribution in [0.3, 0.4) is 0 Å². The van der Waals surface area contributed by atoms with Crippen molar-refractivity contribution in [3.63, 3.8) is 0 Å². The van der Waals surface area contributed by atoms with Crippen molar-refractivity contribution in [2.75, 3.05) is 13.2 Å². The average molecular weight is 261 g/mol. The minimum atomic E-state index is 0.282. The number of hydrogen-bond donors (Lipinski definition) is 1. The lowest BCUT2D eigenvalue weighted by Gasteiger charge is -2.21. The maximum absolute atomic E-state index is 5.56. The summed E-state index contributed by atoms with van der Waals surface area (Å²) in [5.41, 5.74) is 4.53. The molecule has 2 heteroatoms. The average Bonchev–Trinajstić information content (AvgIpc) is 2.44. The molecule has 0 fully saturated rings. The molecular weight excluding hydrogens is 234 g/mol. The van der Waals surface area contributed by atoms with Crippen molar-refractivity contribution in [1.29, 1.82) is 0 Å². The molecule has 2 rings (SSSR count). The van der Waals surface area contributed by atoms with Crippen LogP contribution in [0.1, 0.15) is 56.3 Å². The van der Waals surface area contributed by atoms with Crippen molar-refractivity contribution >= 4 is 0 Å². The van der Waals surface area contributed by atoms with E-state index < -0.39 is 0 Å². The summed E-state index contributed by atoms with van der Waals surface area (Å²) in [6, 6.07) is 7.41. The number of ether oxygens (including phenoxy) is 1. The Hall–Kier alpha value is -0.860. The van der Waals surface area contributed by atoms with Gasteiger partial charge in [-0.05, 0) is 63.1 Å². The molecule has 0 amide bonds. The third kappa shape index (κ3) is 4.05. The van der Waals surface area contributed by atoms with Gasteiger partial charge in [0.2, 0.25) is 0 Å². The van der Waals surface area contributed by atoms with Gasteiger partial charge in [0.25, 0.3) is 0 Å². The molecule has 106 valence electrons. The minimum absolute atomic E-state index is 0.282. The zero-order chi connectivity index (χ0) is 13.7. The Kier molecular flexibility index (Phi) is 5.41. The standard InChI is InChI=1S/C17H27NO/c1-4-19-13(2)12-18-14(3)16-10-9-15-7-5-6-8-17(15)11-16/h9-11,13-14,18H,4-8,12H2,1-3H3. The Morgan fingerprint density at radius 1 is 1.16 bits per heavy atom. The largest absolute Gasteiger partial charge is 0.377 e. The number of rotatable bonds is 6. The molecular formula is C17H27NO. The van der Waals surface area contributed by atoms with Crippen LogP contribution in [0.25, 0.3) is 0 Å². The summed E-state index contributed by atoms with van der Waals surface area (Å²) < 4.78 is 5.56. The molecule has 1 aliphatic rings. The molecule has 2 atom stereocenters. The molecule has 2 nitrogen and oxygen atoms in total. The molecule has 19 heavy (non-hydrogen) atoms. The highest BCUT2D eigenvalue weighted by molar-refractivity contribution is 5.35. The molecule has 0 saturated carbocycles. The van der Waals surface area contributed by atoms with Crippen molar-refractivity contribution in [3.05, 3.63) is 34.9 Å². The first-order valence-corrected chi connectivity index (χ1v) is 7.67. The molecule has 1 aliphatic carbocycles. The fourth-order valence-electron chi connectivity index (χ4n) is 2.83. The van der Waals surface area contributed by atoms with E-state index in [0.717, 1.165) is 13.2 Å². The lowest BCUT2D eigenvalue weighted by atomic mass is 9.89. The highest BCUT2D eigenvalue weighted by Crippen LogP contribution is 2.24. The van der Waals surface area contributed by atoms with E-state index in [4.69, 9.17) is 4.74 Å². The first-order valence-electron chi connectivity index (χ1n) is 7.67. The predicted octanol–water partition coefficient (Wildman–Crippen LogP) is 3.64. The zero-order valence-electron chi connectivity index (χ0n) is 12.5. The molecule has 0 aromatic heterocycles. The number of nitrogens with one attached hydrogen (secondary N) is 1. The topological polar surface area (TPSA) is 21.3 Å². The van der Waals surface area contributed by atoms with Gasteiger partial charge in [-0.15, -0.1) is 0 Å². The summed E-state index contributed by atoms with van der Waals surface area (Å²) in [4.78, 5) is 0. The van der Waals surface area contributed by atoms with Gasteiger partial charge < -0.3 is 10.1 Å². The van der Waals surface area contributed by atoms with E-state index in [2.05, 4.69) is 37.4 Å². The van der Waals surface area contributed by atoms with E-state index in [1.807, 2.05) is 6.92 Å². The summed E-state index contributed by atoms with van der Waals surface area (Å²) in [6.45, 7) is 8.10. The first kappa shape index (κ1) is 14.5. The van der Waals surface area contributed by atoms with Gasteiger partial charge in [0.1, 0.15) is 0 Å². The molecule has 0 spiro atoms. The lowest BCUT2D eigenvalue weighted by molar-refractivity contribution is 0.0743. The first-order chi connectivity index (χ1) is 9.20. The molecule has 1 aromatic rings. The fourth-order valence-corrected chi connectivity index (χ4v) is 2.83. The Morgan fingerprint density at radius 2 is 1.89 bits per heavy atom. The van der Waals surface area contributed by atoms with Gasteiger partial charge in [-0.1, -0.05) is 18.2 Å². The van der Waals surface area contributed by atoms with Crippen molar-refractivity contribution in [2.45, 2.75) is 58.6 Å². The predicted molar refractivity (Wildman–Crippen MR) is 80.6 cm³/mol. The highest BCUT2D eigenvalue weighted by Gasteiger charge is 2.12. The molecule has 0 bridgehead atoms. The second kappa shape index (κ2) is 7.06. The van der Waals surface area contributed by atoms with Gasteiger partial charge in [-0.3, -0.25) is 0 Å². The van der Waals surface area contributed by atoms with E-state index in [1.165, 1.54) is 31.2 Å². The highest BCUT2D eigenvalue weighted by atomic mass is 16.5. The van der Waals surface area contributed by atoms with Crippen molar-refractivity contribution in [1.82, 2.24) is 5.32 Å². The van der Waals surface area contributed by atoms with Crippen LogP contribution < -0.4 is 5.32 Å². The molecule has 0 aliphatic heterocycles. The van der Waals surface area contributed by atoms with E-state index >= 15 is 0 Å². The van der Waals surface area contributed by atoms with Gasteiger partial charge >= 0.3 is 0 Å². The van der Waals surface area contributed by atoms with E-state index in [0.29, 0.717) is 6.04 Å². The number of aryl methyl sites for hydroxylation is 2. The molecule has 2 unspecified atom stereocenters. The maximum Gasteiger partial charge on any atom is 0.0671 e. The summed E-state index contributed by atoms with van der Waals surface area (Å²) >= 11 is 0. The van der Waals surface area contributed by atoms with Gasteiger partial charge in [0.05, 0.1) is 6.10 Å². The van der Waals surface area contributed by atoms with Gasteiger partial charge in [-0.25, -0.2) is 0 Å². The number of fused-ring (bicyclic) bond motifs is 1. The molecule has 1 N–H and O–H groups in total. The van der Waals surface area contributed by atoms with Gasteiger partial charge in [0.15, 0.2) is 0 Å². The second-order valence-corrected chi connectivity index (χ2v) is 5.63.